The maximum absolute atomic E-state index is 13.0. The SMILES string of the molecule is C=C(CC)CN1C(=O)C(=O)c2cc(F)ccc21. The number of hydrogen-bond acceptors (Lipinski definition) is 2. The van der Waals surface area contributed by atoms with Gasteiger partial charge in [-0.3, -0.25) is 9.59 Å². The molecule has 0 aromatic heterocycles. The van der Waals surface area contributed by atoms with Crippen LogP contribution in [0.5, 0.6) is 0 Å². The summed E-state index contributed by atoms with van der Waals surface area (Å²) in [6, 6.07) is 3.80. The van der Waals surface area contributed by atoms with Gasteiger partial charge in [0.1, 0.15) is 5.82 Å². The number of anilines is 1. The Labute approximate surface area is 98.5 Å². The molecule has 1 aromatic carbocycles. The van der Waals surface area contributed by atoms with E-state index in [1.807, 2.05) is 6.92 Å². The Morgan fingerprint density at radius 1 is 1.41 bits per heavy atom. The highest BCUT2D eigenvalue weighted by Gasteiger charge is 2.35. The fourth-order valence-electron chi connectivity index (χ4n) is 1.77. The molecule has 1 amide bonds. The Kier molecular flexibility index (Phi) is 2.79. The topological polar surface area (TPSA) is 37.4 Å². The van der Waals surface area contributed by atoms with Gasteiger partial charge < -0.3 is 4.90 Å². The minimum Gasteiger partial charge on any atom is -0.301 e. The van der Waals surface area contributed by atoms with Crippen molar-refractivity contribution in [3.63, 3.8) is 0 Å². The number of benzene rings is 1. The van der Waals surface area contributed by atoms with Gasteiger partial charge in [-0.15, -0.1) is 0 Å². The van der Waals surface area contributed by atoms with E-state index in [1.54, 1.807) is 0 Å². The van der Waals surface area contributed by atoms with E-state index in [4.69, 9.17) is 0 Å². The van der Waals surface area contributed by atoms with E-state index in [-0.39, 0.29) is 5.56 Å². The predicted octanol–water partition coefficient (Wildman–Crippen LogP) is 2.32. The molecule has 0 N–H and O–H groups in total. The third kappa shape index (κ3) is 1.86. The van der Waals surface area contributed by atoms with Gasteiger partial charge in [-0.1, -0.05) is 19.1 Å². The van der Waals surface area contributed by atoms with Gasteiger partial charge >= 0.3 is 0 Å². The van der Waals surface area contributed by atoms with Gasteiger partial charge in [0.25, 0.3) is 11.7 Å². The van der Waals surface area contributed by atoms with E-state index in [2.05, 4.69) is 6.58 Å². The van der Waals surface area contributed by atoms with Crippen molar-refractivity contribution in [2.75, 3.05) is 11.4 Å². The standard InChI is InChI=1S/C13H12FNO2/c1-3-8(2)7-15-11-5-4-9(14)6-10(11)12(16)13(15)17/h4-6H,2-3,7H2,1H3. The van der Waals surface area contributed by atoms with Crippen LogP contribution in [0, 0.1) is 5.82 Å². The molecule has 17 heavy (non-hydrogen) atoms. The van der Waals surface area contributed by atoms with E-state index in [0.29, 0.717) is 12.2 Å². The maximum atomic E-state index is 13.0. The van der Waals surface area contributed by atoms with Gasteiger partial charge in [-0.05, 0) is 24.6 Å². The summed E-state index contributed by atoms with van der Waals surface area (Å²) < 4.78 is 13.0. The number of hydrogen-bond donors (Lipinski definition) is 0. The second kappa shape index (κ2) is 4.13. The fraction of sp³-hybridized carbons (Fsp3) is 0.231. The molecule has 0 unspecified atom stereocenters. The number of amides is 1. The van der Waals surface area contributed by atoms with Gasteiger partial charge in [0.15, 0.2) is 0 Å². The average Bonchev–Trinajstić information content (AvgIpc) is 2.54. The van der Waals surface area contributed by atoms with Gasteiger partial charge in [-0.2, -0.15) is 0 Å². The minimum absolute atomic E-state index is 0.138. The van der Waals surface area contributed by atoms with Crippen LogP contribution in [-0.4, -0.2) is 18.2 Å². The lowest BCUT2D eigenvalue weighted by Gasteiger charge is -2.17. The molecular weight excluding hydrogens is 221 g/mol. The first-order chi connectivity index (χ1) is 8.04. The first-order valence-corrected chi connectivity index (χ1v) is 5.37. The molecule has 0 radical (unpaired) electrons. The molecular formula is C13H12FNO2. The Balaban J connectivity index is 2.41. The third-order valence-corrected chi connectivity index (χ3v) is 2.82. The first-order valence-electron chi connectivity index (χ1n) is 5.37. The van der Waals surface area contributed by atoms with Gasteiger partial charge in [0.2, 0.25) is 0 Å². The molecule has 0 saturated heterocycles. The normalized spacial score (nSPS) is 14.1. The highest BCUT2D eigenvalue weighted by molar-refractivity contribution is 6.52. The lowest BCUT2D eigenvalue weighted by molar-refractivity contribution is -0.114. The molecule has 0 aliphatic carbocycles. The van der Waals surface area contributed by atoms with Crippen LogP contribution in [0.3, 0.4) is 0 Å². The Bertz CT molecular complexity index is 522. The summed E-state index contributed by atoms with van der Waals surface area (Å²) in [5, 5.41) is 0. The van der Waals surface area contributed by atoms with E-state index < -0.39 is 17.5 Å². The zero-order valence-corrected chi connectivity index (χ0v) is 9.50. The van der Waals surface area contributed by atoms with Gasteiger partial charge in [0, 0.05) is 6.54 Å². The molecule has 1 aliphatic heterocycles. The summed E-state index contributed by atoms with van der Waals surface area (Å²) >= 11 is 0. The molecule has 0 bridgehead atoms. The van der Waals surface area contributed by atoms with Crippen LogP contribution in [0.1, 0.15) is 23.7 Å². The molecule has 0 atom stereocenters. The third-order valence-electron chi connectivity index (χ3n) is 2.82. The van der Waals surface area contributed by atoms with Crippen molar-refractivity contribution in [2.45, 2.75) is 13.3 Å². The van der Waals surface area contributed by atoms with Crippen molar-refractivity contribution in [2.24, 2.45) is 0 Å². The lowest BCUT2D eigenvalue weighted by atomic mass is 10.1. The van der Waals surface area contributed by atoms with Crippen LogP contribution in [0.2, 0.25) is 0 Å². The average molecular weight is 233 g/mol. The summed E-state index contributed by atoms with van der Waals surface area (Å²) in [6.07, 6.45) is 0.731. The molecule has 0 spiro atoms. The highest BCUT2D eigenvalue weighted by atomic mass is 19.1. The molecule has 3 nitrogen and oxygen atoms in total. The molecule has 88 valence electrons. The largest absolute Gasteiger partial charge is 0.301 e. The van der Waals surface area contributed by atoms with Crippen LogP contribution in [0.4, 0.5) is 10.1 Å². The van der Waals surface area contributed by atoms with E-state index in [1.165, 1.54) is 17.0 Å². The van der Waals surface area contributed by atoms with Crippen molar-refractivity contribution in [3.8, 4) is 0 Å². The van der Waals surface area contributed by atoms with Crippen LogP contribution >= 0.6 is 0 Å². The number of ketones is 1. The van der Waals surface area contributed by atoms with Gasteiger partial charge in [-0.25, -0.2) is 4.39 Å². The monoisotopic (exact) mass is 233 g/mol. The number of carbonyl (C=O) groups excluding carboxylic acids is 2. The summed E-state index contributed by atoms with van der Waals surface area (Å²) in [7, 11) is 0. The Morgan fingerprint density at radius 3 is 2.76 bits per heavy atom. The van der Waals surface area contributed by atoms with Crippen molar-refractivity contribution in [3.05, 3.63) is 41.7 Å². The molecule has 1 aliphatic rings. The number of carbonyl (C=O) groups is 2. The Morgan fingerprint density at radius 2 is 2.12 bits per heavy atom. The summed E-state index contributed by atoms with van der Waals surface area (Å²) in [4.78, 5) is 24.7. The maximum Gasteiger partial charge on any atom is 0.299 e. The second-order valence-corrected chi connectivity index (χ2v) is 3.99. The lowest BCUT2D eigenvalue weighted by Crippen LogP contribution is -2.31. The van der Waals surface area contributed by atoms with Crippen LogP contribution < -0.4 is 4.90 Å². The second-order valence-electron chi connectivity index (χ2n) is 3.99. The van der Waals surface area contributed by atoms with E-state index in [9.17, 15) is 14.0 Å². The number of Topliss-reactive ketones (excluding diaryl/α,β-unsaturated/α-hetero) is 1. The summed E-state index contributed by atoms with van der Waals surface area (Å²) in [5.41, 5.74) is 1.46. The number of rotatable bonds is 3. The fourth-order valence-corrected chi connectivity index (χ4v) is 1.77. The van der Waals surface area contributed by atoms with Crippen molar-refractivity contribution in [1.29, 1.82) is 0 Å². The van der Waals surface area contributed by atoms with Crippen LogP contribution in [0.15, 0.2) is 30.4 Å². The molecule has 0 fully saturated rings. The zero-order valence-electron chi connectivity index (χ0n) is 9.50. The summed E-state index contributed by atoms with van der Waals surface area (Å²) in [5.74, 6) is -1.77. The van der Waals surface area contributed by atoms with Crippen LogP contribution in [-0.2, 0) is 4.79 Å². The Hall–Kier alpha value is -1.97. The van der Waals surface area contributed by atoms with Crippen LogP contribution in [0.25, 0.3) is 0 Å². The zero-order chi connectivity index (χ0) is 12.6. The molecule has 4 heteroatoms. The minimum atomic E-state index is -0.650. The van der Waals surface area contributed by atoms with Crippen molar-refractivity contribution >= 4 is 17.4 Å². The summed E-state index contributed by atoms with van der Waals surface area (Å²) in [6.45, 7) is 6.04. The first kappa shape index (κ1) is 11.5. The van der Waals surface area contributed by atoms with E-state index in [0.717, 1.165) is 18.1 Å². The smallest absolute Gasteiger partial charge is 0.299 e. The highest BCUT2D eigenvalue weighted by Crippen LogP contribution is 2.30. The number of halogens is 1. The molecule has 0 saturated carbocycles. The molecule has 1 heterocycles. The van der Waals surface area contributed by atoms with Gasteiger partial charge in [0.05, 0.1) is 11.3 Å². The van der Waals surface area contributed by atoms with E-state index >= 15 is 0 Å². The molecule has 2 rings (SSSR count). The van der Waals surface area contributed by atoms with Crippen molar-refractivity contribution in [1.82, 2.24) is 0 Å². The number of nitrogens with zero attached hydrogens (tertiary/aromatic N) is 1. The molecule has 1 aromatic rings. The quantitative estimate of drug-likeness (QED) is 0.593. The predicted molar refractivity (Wildman–Crippen MR) is 62.5 cm³/mol. The van der Waals surface area contributed by atoms with Crippen molar-refractivity contribution < 1.29 is 14.0 Å². The number of fused-ring (bicyclic) bond motifs is 1.